The number of rotatable bonds is 1. The first kappa shape index (κ1) is 10.1. The van der Waals surface area contributed by atoms with Crippen molar-refractivity contribution >= 4 is 40.1 Å². The van der Waals surface area contributed by atoms with E-state index in [1.54, 1.807) is 0 Å². The molecular weight excluding hydrogens is 263 g/mol. The third-order valence-electron chi connectivity index (χ3n) is 2.28. The fraction of sp³-hybridized carbons (Fsp3) is 0. The topological polar surface area (TPSA) is 17.3 Å². The van der Waals surface area contributed by atoms with Gasteiger partial charge in [-0.05, 0) is 24.3 Å². The molecule has 2 nitrogen and oxygen atoms in total. The van der Waals surface area contributed by atoms with Gasteiger partial charge in [-0.2, -0.15) is 0 Å². The number of imidazole rings is 1. The number of halogens is 2. The fourth-order valence-electron chi connectivity index (χ4n) is 1.58. The molecule has 3 rings (SSSR count). The van der Waals surface area contributed by atoms with Crippen LogP contribution in [-0.4, -0.2) is 9.38 Å². The van der Waals surface area contributed by atoms with Crippen LogP contribution in [0, 0.1) is 0 Å². The van der Waals surface area contributed by atoms with Crippen LogP contribution in [-0.2, 0) is 0 Å². The molecule has 0 unspecified atom stereocenters. The molecule has 0 amide bonds. The lowest BCUT2D eigenvalue weighted by Crippen LogP contribution is -1.86. The van der Waals surface area contributed by atoms with Crippen LogP contribution in [0.4, 0.5) is 0 Å². The average Bonchev–Trinajstić information content (AvgIpc) is 2.83. The lowest BCUT2D eigenvalue weighted by Gasteiger charge is -1.98. The summed E-state index contributed by atoms with van der Waals surface area (Å²) in [5.74, 6) is 0.870. The van der Waals surface area contributed by atoms with Crippen molar-refractivity contribution in [2.75, 3.05) is 0 Å². The lowest BCUT2D eigenvalue weighted by atomic mass is 10.4. The Morgan fingerprint density at radius 1 is 1.12 bits per heavy atom. The van der Waals surface area contributed by atoms with Crippen molar-refractivity contribution in [3.05, 3.63) is 46.0 Å². The lowest BCUT2D eigenvalue weighted by molar-refractivity contribution is 1.17. The second-order valence-electron chi connectivity index (χ2n) is 3.33. The summed E-state index contributed by atoms with van der Waals surface area (Å²) in [4.78, 5) is 5.41. The Kier molecular flexibility index (Phi) is 2.39. The smallest absolute Gasteiger partial charge is 0.154 e. The number of hydrogen-bond acceptors (Lipinski definition) is 2. The fourth-order valence-corrected chi connectivity index (χ4v) is 2.78. The molecule has 0 N–H and O–H groups in total. The molecular formula is C11H6Cl2N2S. The minimum Gasteiger partial charge on any atom is -0.298 e. The molecule has 0 aliphatic carbocycles. The van der Waals surface area contributed by atoms with Gasteiger partial charge in [0.25, 0.3) is 0 Å². The quantitative estimate of drug-likeness (QED) is 0.641. The van der Waals surface area contributed by atoms with Crippen molar-refractivity contribution < 1.29 is 0 Å². The predicted molar refractivity (Wildman–Crippen MR) is 68.5 cm³/mol. The van der Waals surface area contributed by atoms with Gasteiger partial charge in [0, 0.05) is 6.20 Å². The molecule has 0 aromatic carbocycles. The van der Waals surface area contributed by atoms with Crippen LogP contribution in [0.25, 0.3) is 16.2 Å². The van der Waals surface area contributed by atoms with Gasteiger partial charge >= 0.3 is 0 Å². The van der Waals surface area contributed by atoms with Crippen LogP contribution in [0.1, 0.15) is 0 Å². The minimum atomic E-state index is 0.689. The number of aromatic nitrogens is 2. The monoisotopic (exact) mass is 268 g/mol. The molecule has 0 bridgehead atoms. The van der Waals surface area contributed by atoms with E-state index >= 15 is 0 Å². The molecule has 0 saturated carbocycles. The van der Waals surface area contributed by atoms with Crippen LogP contribution < -0.4 is 0 Å². The summed E-state index contributed by atoms with van der Waals surface area (Å²) in [5.41, 5.74) is 1.02. The van der Waals surface area contributed by atoms with Gasteiger partial charge in [-0.3, -0.25) is 4.40 Å². The van der Waals surface area contributed by atoms with Crippen LogP contribution in [0.2, 0.25) is 9.36 Å². The molecule has 3 aromatic rings. The average molecular weight is 269 g/mol. The van der Waals surface area contributed by atoms with Crippen molar-refractivity contribution in [3.63, 3.8) is 0 Å². The molecule has 0 fully saturated rings. The molecule has 0 spiro atoms. The highest BCUT2D eigenvalue weighted by molar-refractivity contribution is 7.19. The van der Waals surface area contributed by atoms with E-state index in [4.69, 9.17) is 23.2 Å². The van der Waals surface area contributed by atoms with E-state index in [1.807, 2.05) is 41.1 Å². The predicted octanol–water partition coefficient (Wildman–Crippen LogP) is 4.37. The van der Waals surface area contributed by atoms with E-state index < -0.39 is 0 Å². The molecule has 0 radical (unpaired) electrons. The van der Waals surface area contributed by atoms with E-state index in [9.17, 15) is 0 Å². The van der Waals surface area contributed by atoms with Gasteiger partial charge in [-0.15, -0.1) is 11.3 Å². The normalized spacial score (nSPS) is 11.1. The Hall–Kier alpha value is -1.03. The maximum Gasteiger partial charge on any atom is 0.154 e. The first-order valence-corrected chi connectivity index (χ1v) is 6.19. The molecule has 3 heterocycles. The molecule has 0 saturated heterocycles. The minimum absolute atomic E-state index is 0.689. The zero-order valence-corrected chi connectivity index (χ0v) is 10.4. The first-order valence-electron chi connectivity index (χ1n) is 4.62. The summed E-state index contributed by atoms with van der Waals surface area (Å²) >= 11 is 13.4. The van der Waals surface area contributed by atoms with Gasteiger partial charge in [0.05, 0.1) is 25.9 Å². The van der Waals surface area contributed by atoms with Gasteiger partial charge in [0.2, 0.25) is 0 Å². The van der Waals surface area contributed by atoms with Gasteiger partial charge in [0.15, 0.2) is 5.82 Å². The number of hydrogen-bond donors (Lipinski definition) is 0. The Bertz CT molecular complexity index is 657. The molecule has 3 aromatic heterocycles. The third-order valence-corrected chi connectivity index (χ3v) is 3.74. The van der Waals surface area contributed by atoms with Crippen LogP contribution in [0.5, 0.6) is 0 Å². The van der Waals surface area contributed by atoms with Crippen molar-refractivity contribution in [2.24, 2.45) is 0 Å². The molecule has 0 atom stereocenters. The maximum absolute atomic E-state index is 5.97. The zero-order valence-electron chi connectivity index (χ0n) is 8.02. The van der Waals surface area contributed by atoms with E-state index in [-0.39, 0.29) is 0 Å². The number of thiophene rings is 1. The second kappa shape index (κ2) is 3.77. The van der Waals surface area contributed by atoms with Crippen LogP contribution in [0.15, 0.2) is 36.7 Å². The number of fused-ring (bicyclic) bond motifs is 1. The van der Waals surface area contributed by atoms with Gasteiger partial charge in [-0.1, -0.05) is 23.2 Å². The maximum atomic E-state index is 5.97. The first-order chi connectivity index (χ1) is 7.74. The Balaban J connectivity index is 2.27. The largest absolute Gasteiger partial charge is 0.298 e. The highest BCUT2D eigenvalue weighted by atomic mass is 35.5. The van der Waals surface area contributed by atoms with Crippen molar-refractivity contribution in [1.29, 1.82) is 0 Å². The summed E-state index contributed by atoms with van der Waals surface area (Å²) in [7, 11) is 0. The third kappa shape index (κ3) is 1.61. The number of pyridine rings is 1. The van der Waals surface area contributed by atoms with Crippen molar-refractivity contribution in [1.82, 2.24) is 9.38 Å². The van der Waals surface area contributed by atoms with Crippen molar-refractivity contribution in [2.45, 2.75) is 0 Å². The van der Waals surface area contributed by atoms with Gasteiger partial charge in [0.1, 0.15) is 0 Å². The highest BCUT2D eigenvalue weighted by Crippen LogP contribution is 2.30. The molecule has 0 aliphatic rings. The Labute approximate surface area is 106 Å². The number of nitrogens with zero attached hydrogens (tertiary/aromatic N) is 2. The Morgan fingerprint density at radius 3 is 2.75 bits per heavy atom. The van der Waals surface area contributed by atoms with Gasteiger partial charge < -0.3 is 0 Å². The second-order valence-corrected chi connectivity index (χ2v) is 5.48. The van der Waals surface area contributed by atoms with E-state index in [0.29, 0.717) is 5.02 Å². The summed E-state index contributed by atoms with van der Waals surface area (Å²) < 4.78 is 2.72. The molecule has 16 heavy (non-hydrogen) atoms. The summed E-state index contributed by atoms with van der Waals surface area (Å²) in [6, 6.07) is 7.62. The molecule has 5 heteroatoms. The SMILES string of the molecule is Clc1ccc2cnc(-c3ccc(Cl)s3)n2c1. The summed E-state index contributed by atoms with van der Waals surface area (Å²) in [5, 5.41) is 0.689. The van der Waals surface area contributed by atoms with Crippen molar-refractivity contribution in [3.8, 4) is 10.7 Å². The van der Waals surface area contributed by atoms with E-state index in [1.165, 1.54) is 11.3 Å². The standard InChI is InChI=1S/C11H6Cl2N2S/c12-7-1-2-8-5-14-11(15(8)6-7)9-3-4-10(13)16-9/h1-6H. The molecule has 80 valence electrons. The molecule has 0 aliphatic heterocycles. The van der Waals surface area contributed by atoms with Gasteiger partial charge in [-0.25, -0.2) is 4.98 Å². The van der Waals surface area contributed by atoms with Crippen LogP contribution >= 0.6 is 34.5 Å². The Morgan fingerprint density at radius 2 is 2.00 bits per heavy atom. The van der Waals surface area contributed by atoms with Crippen LogP contribution in [0.3, 0.4) is 0 Å². The zero-order chi connectivity index (χ0) is 11.1. The summed E-state index contributed by atoms with van der Waals surface area (Å²) in [6.07, 6.45) is 3.67. The summed E-state index contributed by atoms with van der Waals surface area (Å²) in [6.45, 7) is 0. The van der Waals surface area contributed by atoms with E-state index in [0.717, 1.165) is 20.6 Å². The van der Waals surface area contributed by atoms with E-state index in [2.05, 4.69) is 4.98 Å². The highest BCUT2D eigenvalue weighted by Gasteiger charge is 2.08.